The van der Waals surface area contributed by atoms with Crippen LogP contribution in [0.5, 0.6) is 5.75 Å². The quantitative estimate of drug-likeness (QED) is 0.273. The fourth-order valence-electron chi connectivity index (χ4n) is 4.82. The smallest absolute Gasteiger partial charge is 0.144 e. The third kappa shape index (κ3) is 7.91. The van der Waals surface area contributed by atoms with Gasteiger partial charge in [0, 0.05) is 69.5 Å². The van der Waals surface area contributed by atoms with Crippen molar-refractivity contribution in [2.45, 2.75) is 27.2 Å². The van der Waals surface area contributed by atoms with Crippen molar-refractivity contribution in [1.82, 2.24) is 9.80 Å². The van der Waals surface area contributed by atoms with Crippen LogP contribution in [-0.4, -0.2) is 76.2 Å². The van der Waals surface area contributed by atoms with Gasteiger partial charge in [-0.05, 0) is 68.8 Å². The van der Waals surface area contributed by atoms with E-state index in [1.54, 1.807) is 7.11 Å². The summed E-state index contributed by atoms with van der Waals surface area (Å²) in [5, 5.41) is 6.87. The molecule has 2 aliphatic heterocycles. The Bertz CT molecular complexity index is 1360. The van der Waals surface area contributed by atoms with Gasteiger partial charge in [0.2, 0.25) is 0 Å². The zero-order chi connectivity index (χ0) is 30.6. The van der Waals surface area contributed by atoms with E-state index in [1.807, 2.05) is 7.05 Å². The summed E-state index contributed by atoms with van der Waals surface area (Å²) >= 11 is 0. The lowest BCUT2D eigenvalue weighted by atomic mass is 10.0. The van der Waals surface area contributed by atoms with E-state index < -0.39 is 0 Å². The van der Waals surface area contributed by atoms with Crippen molar-refractivity contribution in [2.24, 2.45) is 4.99 Å². The maximum atomic E-state index is 9.06. The van der Waals surface area contributed by atoms with E-state index in [0.717, 1.165) is 78.1 Å². The molecule has 4 rings (SSSR count). The zero-order valence-corrected chi connectivity index (χ0v) is 26.2. The normalized spacial score (nSPS) is 17.7. The molecule has 2 aromatic carbocycles. The maximum Gasteiger partial charge on any atom is 0.144 e. The van der Waals surface area contributed by atoms with Gasteiger partial charge in [-0.2, -0.15) is 0 Å². The van der Waals surface area contributed by atoms with Gasteiger partial charge in [0.15, 0.2) is 0 Å². The molecule has 0 aliphatic carbocycles. The molecule has 1 saturated heterocycles. The molecule has 0 spiro atoms. The molecular formula is C34H46N6O2. The topological polar surface area (TPSA) is 72.4 Å². The SMILES string of the molecule is C=CC=O.C\C=C1/C(=N\C(Nc2ccc(N3CCN(C)CC3)cc2OC)=C(/C)CC)C(c2cccc(NC)c2)=CN1C. The lowest BCUT2D eigenvalue weighted by Crippen LogP contribution is -2.44. The minimum atomic E-state index is 0.639. The Hall–Kier alpha value is -4.30. The summed E-state index contributed by atoms with van der Waals surface area (Å²) in [6.45, 7) is 13.6. The zero-order valence-electron chi connectivity index (χ0n) is 26.2. The number of carbonyl (C=O) groups is 1. The van der Waals surface area contributed by atoms with Crippen LogP contribution >= 0.6 is 0 Å². The van der Waals surface area contributed by atoms with Gasteiger partial charge in [0.1, 0.15) is 17.9 Å². The number of ether oxygens (including phenoxy) is 1. The molecule has 0 aromatic heterocycles. The number of carbonyl (C=O) groups excluding carboxylic acids is 1. The Morgan fingerprint density at radius 3 is 2.43 bits per heavy atom. The standard InChI is InChI=1S/C31H42N6O.C3H4O/c1-8-22(3)31(33-27-14-13-25(20-29(27)38-7)37-17-15-35(5)16-18-37)34-30-26(21-36(6)28(30)9-2)23-11-10-12-24(19-23)32-4;1-2-3-4/h9-14,19-21,32-33H,8,15-18H2,1-7H3;2-3H,1H2/b28-9+,31-22+,34-30-;. The minimum Gasteiger partial charge on any atom is -0.494 e. The number of anilines is 3. The molecule has 2 aromatic rings. The predicted octanol–water partition coefficient (Wildman–Crippen LogP) is 6.24. The van der Waals surface area contributed by atoms with Crippen molar-refractivity contribution in [3.63, 3.8) is 0 Å². The highest BCUT2D eigenvalue weighted by molar-refractivity contribution is 6.33. The number of aliphatic imine (C=N–C) groups is 1. The van der Waals surface area contributed by atoms with E-state index >= 15 is 0 Å². The van der Waals surface area contributed by atoms with E-state index in [4.69, 9.17) is 14.5 Å². The predicted molar refractivity (Wildman–Crippen MR) is 178 cm³/mol. The second-order valence-electron chi connectivity index (χ2n) is 10.3. The second-order valence-corrected chi connectivity index (χ2v) is 10.3. The van der Waals surface area contributed by atoms with E-state index in [-0.39, 0.29) is 0 Å². The molecule has 8 nitrogen and oxygen atoms in total. The second kappa shape index (κ2) is 15.6. The summed E-state index contributed by atoms with van der Waals surface area (Å²) in [6.07, 6.45) is 7.00. The third-order valence-corrected chi connectivity index (χ3v) is 7.50. The first kappa shape index (κ1) is 32.2. The first-order valence-corrected chi connectivity index (χ1v) is 14.4. The van der Waals surface area contributed by atoms with Crippen LogP contribution in [0.25, 0.3) is 5.57 Å². The fraction of sp³-hybridized carbons (Fsp3) is 0.353. The van der Waals surface area contributed by atoms with Crippen LogP contribution in [-0.2, 0) is 4.79 Å². The number of allylic oxidation sites excluding steroid dienone is 4. The van der Waals surface area contributed by atoms with Crippen molar-refractivity contribution in [3.8, 4) is 5.75 Å². The summed E-state index contributed by atoms with van der Waals surface area (Å²) in [6, 6.07) is 14.9. The molecule has 42 heavy (non-hydrogen) atoms. The molecule has 2 N–H and O–H groups in total. The van der Waals surface area contributed by atoms with Crippen LogP contribution in [0.3, 0.4) is 0 Å². The molecule has 0 amide bonds. The highest BCUT2D eigenvalue weighted by Gasteiger charge is 2.25. The molecule has 0 atom stereocenters. The molecule has 2 aliphatic rings. The van der Waals surface area contributed by atoms with Gasteiger partial charge < -0.3 is 30.1 Å². The third-order valence-electron chi connectivity index (χ3n) is 7.50. The molecular weight excluding hydrogens is 524 g/mol. The van der Waals surface area contributed by atoms with Crippen LogP contribution in [0.1, 0.15) is 32.8 Å². The lowest BCUT2D eigenvalue weighted by molar-refractivity contribution is -0.104. The molecule has 0 bridgehead atoms. The van der Waals surface area contributed by atoms with Crippen LogP contribution in [0.2, 0.25) is 0 Å². The number of nitrogens with one attached hydrogen (secondary N) is 2. The average Bonchev–Trinajstić information content (AvgIpc) is 3.35. The minimum absolute atomic E-state index is 0.639. The monoisotopic (exact) mass is 570 g/mol. The Balaban J connectivity index is 0.00000114. The number of methoxy groups -OCH3 is 1. The number of likely N-dealkylation sites (N-methyl/N-ethyl adjacent to an activating group) is 1. The van der Waals surface area contributed by atoms with Gasteiger partial charge in [-0.1, -0.05) is 31.7 Å². The number of piperazine rings is 1. The summed E-state index contributed by atoms with van der Waals surface area (Å²) < 4.78 is 5.85. The van der Waals surface area contributed by atoms with Crippen molar-refractivity contribution < 1.29 is 9.53 Å². The van der Waals surface area contributed by atoms with Crippen molar-refractivity contribution in [1.29, 1.82) is 0 Å². The Labute approximate surface area is 251 Å². The Morgan fingerprint density at radius 1 is 1.12 bits per heavy atom. The van der Waals surface area contributed by atoms with Crippen LogP contribution < -0.4 is 20.3 Å². The van der Waals surface area contributed by atoms with E-state index in [1.165, 1.54) is 17.3 Å². The number of hydrogen-bond donors (Lipinski definition) is 2. The summed E-state index contributed by atoms with van der Waals surface area (Å²) in [4.78, 5) is 21.3. The maximum absolute atomic E-state index is 9.06. The van der Waals surface area contributed by atoms with Gasteiger partial charge in [0.25, 0.3) is 0 Å². The molecule has 0 radical (unpaired) electrons. The summed E-state index contributed by atoms with van der Waals surface area (Å²) in [7, 11) is 7.92. The first-order chi connectivity index (χ1) is 20.3. The molecule has 0 unspecified atom stereocenters. The summed E-state index contributed by atoms with van der Waals surface area (Å²) in [5.74, 6) is 1.66. The van der Waals surface area contributed by atoms with Crippen LogP contribution in [0, 0.1) is 0 Å². The fourth-order valence-corrected chi connectivity index (χ4v) is 4.82. The molecule has 2 heterocycles. The van der Waals surface area contributed by atoms with Crippen LogP contribution in [0.4, 0.5) is 17.1 Å². The Morgan fingerprint density at radius 2 is 1.83 bits per heavy atom. The van der Waals surface area contributed by atoms with E-state index in [2.05, 4.69) is 122 Å². The van der Waals surface area contributed by atoms with Gasteiger partial charge in [-0.25, -0.2) is 4.99 Å². The van der Waals surface area contributed by atoms with Crippen LogP contribution in [0.15, 0.2) is 89.5 Å². The number of benzene rings is 2. The Kier molecular flexibility index (Phi) is 12.0. The van der Waals surface area contributed by atoms with Gasteiger partial charge in [-0.15, -0.1) is 0 Å². The number of aldehydes is 1. The largest absolute Gasteiger partial charge is 0.494 e. The summed E-state index contributed by atoms with van der Waals surface area (Å²) in [5.41, 5.74) is 8.60. The molecule has 0 saturated carbocycles. The van der Waals surface area contributed by atoms with E-state index in [0.29, 0.717) is 6.29 Å². The van der Waals surface area contributed by atoms with Gasteiger partial charge in [-0.3, -0.25) is 4.79 Å². The number of nitrogens with zero attached hydrogens (tertiary/aromatic N) is 4. The number of hydrogen-bond acceptors (Lipinski definition) is 8. The van der Waals surface area contributed by atoms with Crippen molar-refractivity contribution >= 4 is 34.6 Å². The molecule has 224 valence electrons. The lowest BCUT2D eigenvalue weighted by Gasteiger charge is -2.34. The van der Waals surface area contributed by atoms with Crippen molar-refractivity contribution in [3.05, 3.63) is 90.1 Å². The van der Waals surface area contributed by atoms with Gasteiger partial charge in [0.05, 0.1) is 24.2 Å². The highest BCUT2D eigenvalue weighted by atomic mass is 16.5. The average molecular weight is 571 g/mol. The van der Waals surface area contributed by atoms with Gasteiger partial charge >= 0.3 is 0 Å². The number of rotatable bonds is 9. The first-order valence-electron chi connectivity index (χ1n) is 14.4. The molecule has 1 fully saturated rings. The molecule has 8 heteroatoms. The van der Waals surface area contributed by atoms with E-state index in [9.17, 15) is 0 Å². The van der Waals surface area contributed by atoms with Crippen molar-refractivity contribution in [2.75, 3.05) is 70.0 Å². The highest BCUT2D eigenvalue weighted by Crippen LogP contribution is 2.35.